The van der Waals surface area contributed by atoms with Crippen molar-refractivity contribution in [1.82, 2.24) is 4.90 Å². The summed E-state index contributed by atoms with van der Waals surface area (Å²) in [4.78, 5) is 2.68. The van der Waals surface area contributed by atoms with Gasteiger partial charge in [0.15, 0.2) is 0 Å². The van der Waals surface area contributed by atoms with Crippen LogP contribution in [0.4, 0.5) is 0 Å². The van der Waals surface area contributed by atoms with Crippen LogP contribution in [0.25, 0.3) is 0 Å². The van der Waals surface area contributed by atoms with Gasteiger partial charge in [-0.3, -0.25) is 0 Å². The Bertz CT molecular complexity index is 171. The van der Waals surface area contributed by atoms with Gasteiger partial charge in [0.2, 0.25) is 0 Å². The molecule has 0 aromatic rings. The molecule has 1 rings (SSSR count). The molecule has 96 valence electrons. The SMILES string of the molecule is CC(C)CCN(CCC(C)C)C1CC(N)C1. The van der Waals surface area contributed by atoms with Crippen LogP contribution >= 0.6 is 0 Å². The van der Waals surface area contributed by atoms with E-state index in [1.54, 1.807) is 0 Å². The molecule has 1 aliphatic carbocycles. The van der Waals surface area contributed by atoms with Gasteiger partial charge in [0.1, 0.15) is 0 Å². The van der Waals surface area contributed by atoms with Crippen molar-refractivity contribution >= 4 is 0 Å². The van der Waals surface area contributed by atoms with Gasteiger partial charge in [-0.15, -0.1) is 0 Å². The van der Waals surface area contributed by atoms with Gasteiger partial charge < -0.3 is 10.6 Å². The van der Waals surface area contributed by atoms with E-state index in [9.17, 15) is 0 Å². The van der Waals surface area contributed by atoms with E-state index in [-0.39, 0.29) is 0 Å². The molecule has 0 spiro atoms. The molecular formula is C14H30N2. The molecule has 0 saturated heterocycles. The molecule has 0 aromatic carbocycles. The van der Waals surface area contributed by atoms with Crippen molar-refractivity contribution in [3.05, 3.63) is 0 Å². The topological polar surface area (TPSA) is 29.3 Å². The highest BCUT2D eigenvalue weighted by Crippen LogP contribution is 2.25. The minimum absolute atomic E-state index is 0.477. The third-order valence-corrected chi connectivity index (χ3v) is 3.65. The van der Waals surface area contributed by atoms with E-state index in [4.69, 9.17) is 5.73 Å². The summed E-state index contributed by atoms with van der Waals surface area (Å²) < 4.78 is 0. The second-order valence-electron chi connectivity index (χ2n) is 6.29. The first-order chi connectivity index (χ1) is 7.49. The largest absolute Gasteiger partial charge is 0.328 e. The standard InChI is InChI=1S/C14H30N2/c1-11(2)5-7-16(8-6-12(3)4)14-9-13(15)10-14/h11-14H,5-10,15H2,1-4H3. The van der Waals surface area contributed by atoms with Crippen LogP contribution < -0.4 is 5.73 Å². The first kappa shape index (κ1) is 14.0. The number of nitrogens with two attached hydrogens (primary N) is 1. The summed E-state index contributed by atoms with van der Waals surface area (Å²) in [5.74, 6) is 1.63. The molecule has 2 heteroatoms. The van der Waals surface area contributed by atoms with E-state index in [0.717, 1.165) is 17.9 Å². The normalized spacial score (nSPS) is 25.5. The Morgan fingerprint density at radius 2 is 1.44 bits per heavy atom. The van der Waals surface area contributed by atoms with Gasteiger partial charge in [0.25, 0.3) is 0 Å². The Labute approximate surface area is 102 Å². The van der Waals surface area contributed by atoms with Crippen molar-refractivity contribution < 1.29 is 0 Å². The van der Waals surface area contributed by atoms with E-state index in [1.807, 2.05) is 0 Å². The summed E-state index contributed by atoms with van der Waals surface area (Å²) in [5, 5.41) is 0. The summed E-state index contributed by atoms with van der Waals surface area (Å²) in [6.07, 6.45) is 5.08. The predicted molar refractivity (Wildman–Crippen MR) is 71.5 cm³/mol. The first-order valence-electron chi connectivity index (χ1n) is 6.98. The molecule has 1 fully saturated rings. The number of rotatable bonds is 7. The van der Waals surface area contributed by atoms with Crippen LogP contribution in [0.1, 0.15) is 53.4 Å². The molecule has 0 aliphatic heterocycles. The van der Waals surface area contributed by atoms with Crippen molar-refractivity contribution in [2.75, 3.05) is 13.1 Å². The third kappa shape index (κ3) is 4.84. The zero-order chi connectivity index (χ0) is 12.1. The van der Waals surface area contributed by atoms with E-state index in [0.29, 0.717) is 6.04 Å². The van der Waals surface area contributed by atoms with Crippen molar-refractivity contribution in [3.8, 4) is 0 Å². The molecule has 2 N–H and O–H groups in total. The molecular weight excluding hydrogens is 196 g/mol. The third-order valence-electron chi connectivity index (χ3n) is 3.65. The van der Waals surface area contributed by atoms with E-state index < -0.39 is 0 Å². The van der Waals surface area contributed by atoms with Gasteiger partial charge in [-0.05, 0) is 50.6 Å². The van der Waals surface area contributed by atoms with Gasteiger partial charge in [0.05, 0.1) is 0 Å². The quantitative estimate of drug-likeness (QED) is 0.723. The molecule has 1 aliphatic rings. The zero-order valence-electron chi connectivity index (χ0n) is 11.6. The molecule has 0 unspecified atom stereocenters. The lowest BCUT2D eigenvalue weighted by Crippen LogP contribution is -2.51. The number of hydrogen-bond donors (Lipinski definition) is 1. The lowest BCUT2D eigenvalue weighted by molar-refractivity contribution is 0.0998. The van der Waals surface area contributed by atoms with Gasteiger partial charge in [-0.1, -0.05) is 27.7 Å². The molecule has 0 atom stereocenters. The Morgan fingerprint density at radius 3 is 1.75 bits per heavy atom. The smallest absolute Gasteiger partial charge is 0.0125 e. The van der Waals surface area contributed by atoms with Crippen LogP contribution in [0.2, 0.25) is 0 Å². The van der Waals surface area contributed by atoms with Crippen LogP contribution in [0, 0.1) is 11.8 Å². The lowest BCUT2D eigenvalue weighted by atomic mass is 9.85. The van der Waals surface area contributed by atoms with Crippen molar-refractivity contribution in [3.63, 3.8) is 0 Å². The van der Waals surface area contributed by atoms with Crippen molar-refractivity contribution in [1.29, 1.82) is 0 Å². The molecule has 16 heavy (non-hydrogen) atoms. The van der Waals surface area contributed by atoms with Gasteiger partial charge >= 0.3 is 0 Å². The maximum absolute atomic E-state index is 5.89. The molecule has 1 saturated carbocycles. The molecule has 0 aromatic heterocycles. The van der Waals surface area contributed by atoms with E-state index >= 15 is 0 Å². The van der Waals surface area contributed by atoms with Crippen molar-refractivity contribution in [2.45, 2.75) is 65.5 Å². The number of hydrogen-bond acceptors (Lipinski definition) is 2. The average Bonchev–Trinajstić information content (AvgIpc) is 2.13. The molecule has 0 radical (unpaired) electrons. The summed E-state index contributed by atoms with van der Waals surface area (Å²) in [5.41, 5.74) is 5.89. The minimum atomic E-state index is 0.477. The molecule has 0 amide bonds. The first-order valence-corrected chi connectivity index (χ1v) is 6.98. The summed E-state index contributed by atoms with van der Waals surface area (Å²) >= 11 is 0. The van der Waals surface area contributed by atoms with Crippen LogP contribution in [0.15, 0.2) is 0 Å². The average molecular weight is 226 g/mol. The summed E-state index contributed by atoms with van der Waals surface area (Å²) in [6, 6.07) is 1.26. The van der Waals surface area contributed by atoms with Crippen LogP contribution in [-0.4, -0.2) is 30.1 Å². The van der Waals surface area contributed by atoms with Gasteiger partial charge in [-0.2, -0.15) is 0 Å². The Hall–Kier alpha value is -0.0800. The second kappa shape index (κ2) is 6.61. The van der Waals surface area contributed by atoms with E-state index in [2.05, 4.69) is 32.6 Å². The zero-order valence-corrected chi connectivity index (χ0v) is 11.6. The summed E-state index contributed by atoms with van der Waals surface area (Å²) in [6.45, 7) is 11.8. The van der Waals surface area contributed by atoms with E-state index in [1.165, 1.54) is 38.8 Å². The highest BCUT2D eigenvalue weighted by Gasteiger charge is 2.30. The highest BCUT2D eigenvalue weighted by molar-refractivity contribution is 4.89. The monoisotopic (exact) mass is 226 g/mol. The Kier molecular flexibility index (Phi) is 5.77. The molecule has 0 heterocycles. The summed E-state index contributed by atoms with van der Waals surface area (Å²) in [7, 11) is 0. The molecule has 2 nitrogen and oxygen atoms in total. The Balaban J connectivity index is 2.29. The van der Waals surface area contributed by atoms with Gasteiger partial charge in [0, 0.05) is 12.1 Å². The van der Waals surface area contributed by atoms with Gasteiger partial charge in [-0.25, -0.2) is 0 Å². The van der Waals surface area contributed by atoms with Crippen LogP contribution in [0.3, 0.4) is 0 Å². The predicted octanol–water partition coefficient (Wildman–Crippen LogP) is 2.87. The maximum Gasteiger partial charge on any atom is 0.0125 e. The lowest BCUT2D eigenvalue weighted by Gasteiger charge is -2.42. The fraction of sp³-hybridized carbons (Fsp3) is 1.00. The fourth-order valence-corrected chi connectivity index (χ4v) is 2.25. The fourth-order valence-electron chi connectivity index (χ4n) is 2.25. The second-order valence-corrected chi connectivity index (χ2v) is 6.29. The van der Waals surface area contributed by atoms with Crippen molar-refractivity contribution in [2.24, 2.45) is 17.6 Å². The van der Waals surface area contributed by atoms with Crippen LogP contribution in [0.5, 0.6) is 0 Å². The maximum atomic E-state index is 5.89. The molecule has 0 bridgehead atoms. The Morgan fingerprint density at radius 1 is 1.00 bits per heavy atom. The van der Waals surface area contributed by atoms with Crippen LogP contribution in [-0.2, 0) is 0 Å². The number of nitrogens with zero attached hydrogens (tertiary/aromatic N) is 1. The minimum Gasteiger partial charge on any atom is -0.328 e. The highest BCUT2D eigenvalue weighted by atomic mass is 15.2.